The number of hydrogen-bond acceptors (Lipinski definition) is 4. The van der Waals surface area contributed by atoms with Gasteiger partial charge in [0.2, 0.25) is 0 Å². The standard InChI is InChI=1S/C12H10O4/c1-7-8(2)12(14)16-11-5-9(15-6-13)3-4-10(7)11/h3-6H,1-2H3. The molecule has 0 saturated heterocycles. The summed E-state index contributed by atoms with van der Waals surface area (Å²) in [5, 5.41) is 0.843. The van der Waals surface area contributed by atoms with Crippen molar-refractivity contribution in [2.75, 3.05) is 0 Å². The van der Waals surface area contributed by atoms with Gasteiger partial charge < -0.3 is 9.15 Å². The summed E-state index contributed by atoms with van der Waals surface area (Å²) in [5.74, 6) is 0.355. The third-order valence-corrected chi connectivity index (χ3v) is 2.61. The summed E-state index contributed by atoms with van der Waals surface area (Å²) in [6.07, 6.45) is 0. The Morgan fingerprint density at radius 2 is 2.00 bits per heavy atom. The van der Waals surface area contributed by atoms with Crippen molar-refractivity contribution in [1.29, 1.82) is 0 Å². The maximum Gasteiger partial charge on any atom is 0.339 e. The molecule has 1 aromatic carbocycles. The van der Waals surface area contributed by atoms with Gasteiger partial charge in [-0.25, -0.2) is 4.79 Å². The molecule has 0 fully saturated rings. The number of carbonyl (C=O) groups excluding carboxylic acids is 1. The largest absolute Gasteiger partial charge is 0.429 e. The minimum Gasteiger partial charge on any atom is -0.429 e. The molecule has 0 saturated carbocycles. The Balaban J connectivity index is 2.75. The molecule has 0 amide bonds. The van der Waals surface area contributed by atoms with Gasteiger partial charge in [0.15, 0.2) is 0 Å². The van der Waals surface area contributed by atoms with E-state index >= 15 is 0 Å². The molecule has 4 heteroatoms. The summed E-state index contributed by atoms with van der Waals surface area (Å²) in [4.78, 5) is 21.6. The van der Waals surface area contributed by atoms with E-state index in [0.717, 1.165) is 10.9 Å². The van der Waals surface area contributed by atoms with Crippen molar-refractivity contribution in [3.63, 3.8) is 0 Å². The van der Waals surface area contributed by atoms with Gasteiger partial charge in [0.25, 0.3) is 6.47 Å². The average molecular weight is 218 g/mol. The van der Waals surface area contributed by atoms with Gasteiger partial charge in [0.1, 0.15) is 11.3 Å². The highest BCUT2D eigenvalue weighted by Gasteiger charge is 2.08. The van der Waals surface area contributed by atoms with E-state index < -0.39 is 0 Å². The van der Waals surface area contributed by atoms with Crippen molar-refractivity contribution in [2.24, 2.45) is 0 Å². The fourth-order valence-electron chi connectivity index (χ4n) is 1.56. The van der Waals surface area contributed by atoms with Crippen molar-refractivity contribution >= 4 is 17.4 Å². The molecular formula is C12H10O4. The second kappa shape index (κ2) is 3.81. The molecule has 0 unspecified atom stereocenters. The van der Waals surface area contributed by atoms with Crippen molar-refractivity contribution in [1.82, 2.24) is 0 Å². The molecule has 0 spiro atoms. The quantitative estimate of drug-likeness (QED) is 0.571. The number of rotatable bonds is 2. The summed E-state index contributed by atoms with van der Waals surface area (Å²) < 4.78 is 9.79. The summed E-state index contributed by atoms with van der Waals surface area (Å²) in [6, 6.07) is 4.94. The summed E-state index contributed by atoms with van der Waals surface area (Å²) in [5.41, 5.74) is 1.53. The van der Waals surface area contributed by atoms with Crippen molar-refractivity contribution in [3.8, 4) is 5.75 Å². The van der Waals surface area contributed by atoms with Crippen molar-refractivity contribution in [3.05, 3.63) is 39.7 Å². The Kier molecular flexibility index (Phi) is 2.48. The highest BCUT2D eigenvalue weighted by atomic mass is 16.5. The fraction of sp³-hybridized carbons (Fsp3) is 0.167. The Bertz CT molecular complexity index is 610. The number of ether oxygens (including phenoxy) is 1. The predicted molar refractivity (Wildman–Crippen MR) is 58.7 cm³/mol. The van der Waals surface area contributed by atoms with Crippen LogP contribution in [0.5, 0.6) is 5.75 Å². The first-order valence-electron chi connectivity index (χ1n) is 4.78. The number of aryl methyl sites for hydroxylation is 1. The van der Waals surface area contributed by atoms with Crippen LogP contribution in [-0.4, -0.2) is 6.47 Å². The number of hydrogen-bond donors (Lipinski definition) is 0. The van der Waals surface area contributed by atoms with Gasteiger partial charge in [-0.1, -0.05) is 0 Å². The summed E-state index contributed by atoms with van der Waals surface area (Å²) >= 11 is 0. The lowest BCUT2D eigenvalue weighted by Crippen LogP contribution is -2.05. The molecule has 82 valence electrons. The fourth-order valence-corrected chi connectivity index (χ4v) is 1.56. The Labute approximate surface area is 91.4 Å². The Hall–Kier alpha value is -2.10. The second-order valence-electron chi connectivity index (χ2n) is 3.51. The van der Waals surface area contributed by atoms with Crippen molar-refractivity contribution in [2.45, 2.75) is 13.8 Å². The van der Waals surface area contributed by atoms with Crippen molar-refractivity contribution < 1.29 is 13.9 Å². The number of carbonyl (C=O) groups is 1. The van der Waals surface area contributed by atoms with Crippen LogP contribution in [0.25, 0.3) is 11.0 Å². The number of benzene rings is 1. The normalized spacial score (nSPS) is 10.4. The highest BCUT2D eigenvalue weighted by Crippen LogP contribution is 2.23. The zero-order valence-electron chi connectivity index (χ0n) is 8.94. The first-order valence-corrected chi connectivity index (χ1v) is 4.78. The van der Waals surface area contributed by atoms with Crippen LogP contribution in [0, 0.1) is 13.8 Å². The minimum atomic E-state index is -0.367. The van der Waals surface area contributed by atoms with E-state index in [0.29, 0.717) is 23.4 Å². The highest BCUT2D eigenvalue weighted by molar-refractivity contribution is 5.82. The Morgan fingerprint density at radius 3 is 2.69 bits per heavy atom. The monoisotopic (exact) mass is 218 g/mol. The molecular weight excluding hydrogens is 208 g/mol. The predicted octanol–water partition coefficient (Wildman–Crippen LogP) is 1.95. The minimum absolute atomic E-state index is 0.334. The molecule has 1 aromatic heterocycles. The first kappa shape index (κ1) is 10.4. The van der Waals surface area contributed by atoms with Crippen LogP contribution in [0.4, 0.5) is 0 Å². The van der Waals surface area contributed by atoms with E-state index in [1.165, 1.54) is 6.07 Å². The van der Waals surface area contributed by atoms with Crippen LogP contribution in [0.1, 0.15) is 11.1 Å². The van der Waals surface area contributed by atoms with Crippen LogP contribution in [0.15, 0.2) is 27.4 Å². The topological polar surface area (TPSA) is 56.5 Å². The zero-order chi connectivity index (χ0) is 11.7. The van der Waals surface area contributed by atoms with E-state index in [9.17, 15) is 9.59 Å². The average Bonchev–Trinajstić information content (AvgIpc) is 2.26. The molecule has 0 aliphatic heterocycles. The lowest BCUT2D eigenvalue weighted by atomic mass is 10.1. The SMILES string of the molecule is Cc1c(C)c2ccc(OC=O)cc2oc1=O. The van der Waals surface area contributed by atoms with Crippen LogP contribution in [0.2, 0.25) is 0 Å². The van der Waals surface area contributed by atoms with Gasteiger partial charge in [-0.3, -0.25) is 4.79 Å². The first-order chi connectivity index (χ1) is 7.63. The molecule has 0 atom stereocenters. The molecule has 2 aromatic rings. The van der Waals surface area contributed by atoms with E-state index in [4.69, 9.17) is 4.42 Å². The lowest BCUT2D eigenvalue weighted by molar-refractivity contribution is -0.120. The lowest BCUT2D eigenvalue weighted by Gasteiger charge is -2.04. The maximum atomic E-state index is 11.4. The number of fused-ring (bicyclic) bond motifs is 1. The smallest absolute Gasteiger partial charge is 0.339 e. The molecule has 0 aliphatic rings. The summed E-state index contributed by atoms with van der Waals surface area (Å²) in [7, 11) is 0. The second-order valence-corrected chi connectivity index (χ2v) is 3.51. The van der Waals surface area contributed by atoms with E-state index in [2.05, 4.69) is 4.74 Å². The van der Waals surface area contributed by atoms with E-state index in [-0.39, 0.29) is 5.63 Å². The van der Waals surface area contributed by atoms with Crippen LogP contribution in [-0.2, 0) is 4.79 Å². The van der Waals surface area contributed by atoms with Gasteiger partial charge in [-0.05, 0) is 31.5 Å². The van der Waals surface area contributed by atoms with E-state index in [1.54, 1.807) is 19.1 Å². The van der Waals surface area contributed by atoms with Crippen LogP contribution >= 0.6 is 0 Å². The van der Waals surface area contributed by atoms with Gasteiger partial charge in [0, 0.05) is 17.0 Å². The van der Waals surface area contributed by atoms with Gasteiger partial charge >= 0.3 is 5.63 Å². The molecule has 16 heavy (non-hydrogen) atoms. The molecule has 0 N–H and O–H groups in total. The summed E-state index contributed by atoms with van der Waals surface area (Å²) in [6.45, 7) is 3.91. The van der Waals surface area contributed by atoms with Gasteiger partial charge in [-0.2, -0.15) is 0 Å². The third kappa shape index (κ3) is 1.58. The molecule has 1 heterocycles. The van der Waals surface area contributed by atoms with Crippen LogP contribution in [0.3, 0.4) is 0 Å². The maximum absolute atomic E-state index is 11.4. The van der Waals surface area contributed by atoms with E-state index in [1.807, 2.05) is 6.92 Å². The van der Waals surface area contributed by atoms with Crippen LogP contribution < -0.4 is 10.4 Å². The van der Waals surface area contributed by atoms with Gasteiger partial charge in [-0.15, -0.1) is 0 Å². The van der Waals surface area contributed by atoms with Gasteiger partial charge in [0.05, 0.1) is 0 Å². The molecule has 2 rings (SSSR count). The third-order valence-electron chi connectivity index (χ3n) is 2.61. The Morgan fingerprint density at radius 1 is 1.25 bits per heavy atom. The zero-order valence-corrected chi connectivity index (χ0v) is 8.94. The molecule has 4 nitrogen and oxygen atoms in total. The molecule has 0 aliphatic carbocycles. The molecule has 0 radical (unpaired) electrons. The molecule has 0 bridgehead atoms.